The summed E-state index contributed by atoms with van der Waals surface area (Å²) in [5.74, 6) is -0.0257. The van der Waals surface area contributed by atoms with Gasteiger partial charge in [0.25, 0.3) is 11.8 Å². The molecule has 0 saturated heterocycles. The van der Waals surface area contributed by atoms with Gasteiger partial charge in [0.2, 0.25) is 0 Å². The predicted octanol–water partition coefficient (Wildman–Crippen LogP) is 5.13. The third-order valence-corrected chi connectivity index (χ3v) is 5.16. The quantitative estimate of drug-likeness (QED) is 0.359. The Balaban J connectivity index is 1.40. The van der Waals surface area contributed by atoms with Crippen molar-refractivity contribution < 1.29 is 18.7 Å². The number of furan rings is 1. The Hall–Kier alpha value is -4.17. The van der Waals surface area contributed by atoms with Gasteiger partial charge in [0.05, 0.1) is 12.7 Å². The molecule has 4 rings (SSSR count). The summed E-state index contributed by atoms with van der Waals surface area (Å²) in [6.07, 6.45) is 0. The Morgan fingerprint density at radius 1 is 0.909 bits per heavy atom. The number of para-hydroxylation sites is 2. The third kappa shape index (κ3) is 5.02. The zero-order valence-electron chi connectivity index (χ0n) is 18.0. The molecular weight excluding hydrogens is 438 g/mol. The van der Waals surface area contributed by atoms with Crippen LogP contribution in [0.4, 0.5) is 11.4 Å². The molecule has 2 amide bonds. The van der Waals surface area contributed by atoms with Crippen LogP contribution >= 0.6 is 12.2 Å². The van der Waals surface area contributed by atoms with E-state index in [4.69, 9.17) is 21.4 Å². The summed E-state index contributed by atoms with van der Waals surface area (Å²) in [6.45, 7) is 1.86. The molecule has 0 aliphatic rings. The maximum Gasteiger partial charge on any atom is 0.291 e. The van der Waals surface area contributed by atoms with E-state index in [9.17, 15) is 9.59 Å². The summed E-state index contributed by atoms with van der Waals surface area (Å²) in [6, 6.07) is 21.3. The molecule has 0 radical (unpaired) electrons. The zero-order valence-corrected chi connectivity index (χ0v) is 18.8. The number of thiocarbonyl (C=S) groups is 1. The summed E-state index contributed by atoms with van der Waals surface area (Å²) in [4.78, 5) is 25.1. The van der Waals surface area contributed by atoms with Gasteiger partial charge in [-0.25, -0.2) is 0 Å². The third-order valence-electron chi connectivity index (χ3n) is 4.96. The van der Waals surface area contributed by atoms with Gasteiger partial charge < -0.3 is 19.8 Å². The van der Waals surface area contributed by atoms with Gasteiger partial charge in [-0.3, -0.25) is 14.9 Å². The average Bonchev–Trinajstić information content (AvgIpc) is 3.25. The zero-order chi connectivity index (χ0) is 23.4. The van der Waals surface area contributed by atoms with Crippen LogP contribution in [-0.2, 0) is 0 Å². The SMILES string of the molecule is COc1ccccc1C(=O)NC(=S)Nc1ccc(NC(=O)c2cc3ccccc3o2)c(C)c1. The Kier molecular flexibility index (Phi) is 6.37. The lowest BCUT2D eigenvalue weighted by Gasteiger charge is -2.13. The van der Waals surface area contributed by atoms with Crippen molar-refractivity contribution in [1.29, 1.82) is 0 Å². The van der Waals surface area contributed by atoms with Crippen LogP contribution in [0, 0.1) is 6.92 Å². The minimum Gasteiger partial charge on any atom is -0.496 e. The molecule has 4 aromatic rings. The van der Waals surface area contributed by atoms with E-state index < -0.39 is 0 Å². The van der Waals surface area contributed by atoms with Gasteiger partial charge in [0.1, 0.15) is 11.3 Å². The minimum atomic E-state index is -0.378. The van der Waals surface area contributed by atoms with Crippen molar-refractivity contribution in [3.8, 4) is 5.75 Å². The summed E-state index contributed by atoms with van der Waals surface area (Å²) < 4.78 is 10.8. The van der Waals surface area contributed by atoms with E-state index >= 15 is 0 Å². The van der Waals surface area contributed by atoms with Gasteiger partial charge in [0, 0.05) is 16.8 Å². The molecule has 0 aliphatic carbocycles. The van der Waals surface area contributed by atoms with Crippen LogP contribution in [0.3, 0.4) is 0 Å². The number of rotatable bonds is 5. The molecule has 0 bridgehead atoms. The van der Waals surface area contributed by atoms with E-state index in [0.717, 1.165) is 10.9 Å². The molecule has 1 heterocycles. The number of carbonyl (C=O) groups excluding carboxylic acids is 2. The number of carbonyl (C=O) groups is 2. The van der Waals surface area contributed by atoms with Gasteiger partial charge in [-0.15, -0.1) is 0 Å². The van der Waals surface area contributed by atoms with Crippen LogP contribution in [0.1, 0.15) is 26.5 Å². The van der Waals surface area contributed by atoms with E-state index in [1.54, 1.807) is 42.5 Å². The second kappa shape index (κ2) is 9.54. The number of hydrogen-bond acceptors (Lipinski definition) is 5. The maximum atomic E-state index is 12.6. The fraction of sp³-hybridized carbons (Fsp3) is 0.0800. The Labute approximate surface area is 195 Å². The molecule has 8 heteroatoms. The number of hydrogen-bond donors (Lipinski definition) is 3. The number of ether oxygens (including phenoxy) is 1. The summed E-state index contributed by atoms with van der Waals surface area (Å²) >= 11 is 5.27. The number of nitrogens with one attached hydrogen (secondary N) is 3. The van der Waals surface area contributed by atoms with E-state index in [1.807, 2.05) is 37.3 Å². The highest BCUT2D eigenvalue weighted by atomic mass is 32.1. The molecular formula is C25H21N3O4S. The largest absolute Gasteiger partial charge is 0.496 e. The topological polar surface area (TPSA) is 92.6 Å². The van der Waals surface area contributed by atoms with Crippen LogP contribution in [-0.4, -0.2) is 24.0 Å². The lowest BCUT2D eigenvalue weighted by Crippen LogP contribution is -2.34. The molecule has 33 heavy (non-hydrogen) atoms. The van der Waals surface area contributed by atoms with Crippen molar-refractivity contribution in [3.63, 3.8) is 0 Å². The molecule has 0 aliphatic heterocycles. The normalized spacial score (nSPS) is 10.5. The number of anilines is 2. The van der Waals surface area contributed by atoms with Crippen LogP contribution in [0.15, 0.2) is 77.2 Å². The van der Waals surface area contributed by atoms with Crippen LogP contribution in [0.5, 0.6) is 5.75 Å². The fourth-order valence-electron chi connectivity index (χ4n) is 3.32. The average molecular weight is 460 g/mol. The smallest absolute Gasteiger partial charge is 0.291 e. The number of benzene rings is 3. The number of fused-ring (bicyclic) bond motifs is 1. The fourth-order valence-corrected chi connectivity index (χ4v) is 3.53. The summed E-state index contributed by atoms with van der Waals surface area (Å²) in [5, 5.41) is 9.48. The predicted molar refractivity (Wildman–Crippen MR) is 132 cm³/mol. The molecule has 1 aromatic heterocycles. The molecule has 166 valence electrons. The van der Waals surface area contributed by atoms with Gasteiger partial charge in [-0.1, -0.05) is 30.3 Å². The first-order chi connectivity index (χ1) is 15.9. The molecule has 7 nitrogen and oxygen atoms in total. The van der Waals surface area contributed by atoms with Crippen molar-refractivity contribution in [3.05, 3.63) is 89.7 Å². The van der Waals surface area contributed by atoms with Gasteiger partial charge in [0.15, 0.2) is 10.9 Å². The van der Waals surface area contributed by atoms with Crippen molar-refractivity contribution >= 4 is 51.5 Å². The second-order valence-electron chi connectivity index (χ2n) is 7.24. The number of aryl methyl sites for hydroxylation is 1. The Morgan fingerprint density at radius 3 is 2.42 bits per heavy atom. The van der Waals surface area contributed by atoms with E-state index in [2.05, 4.69) is 16.0 Å². The van der Waals surface area contributed by atoms with Gasteiger partial charge in [-0.2, -0.15) is 0 Å². The molecule has 3 N–H and O–H groups in total. The van der Waals surface area contributed by atoms with E-state index in [-0.39, 0.29) is 22.7 Å². The van der Waals surface area contributed by atoms with Crippen LogP contribution in [0.2, 0.25) is 0 Å². The summed E-state index contributed by atoms with van der Waals surface area (Å²) in [5.41, 5.74) is 3.14. The van der Waals surface area contributed by atoms with Crippen molar-refractivity contribution in [2.45, 2.75) is 6.92 Å². The first-order valence-electron chi connectivity index (χ1n) is 10.1. The standard InChI is InChI=1S/C25H21N3O4S/c1-15-13-17(26-25(33)28-23(29)18-8-4-6-10-21(18)31-2)11-12-19(15)27-24(30)22-14-16-7-3-5-9-20(16)32-22/h3-14H,1-2H3,(H,27,30)(H2,26,28,29,33). The van der Waals surface area contributed by atoms with Gasteiger partial charge in [-0.05, 0) is 67.2 Å². The highest BCUT2D eigenvalue weighted by Gasteiger charge is 2.15. The molecule has 0 unspecified atom stereocenters. The minimum absolute atomic E-state index is 0.143. The molecule has 0 spiro atoms. The summed E-state index contributed by atoms with van der Waals surface area (Å²) in [7, 11) is 1.50. The van der Waals surface area contributed by atoms with E-state index in [1.165, 1.54) is 7.11 Å². The lowest BCUT2D eigenvalue weighted by molar-refractivity contribution is 0.0972. The van der Waals surface area contributed by atoms with Crippen molar-refractivity contribution in [1.82, 2.24) is 5.32 Å². The molecule has 0 fully saturated rings. The monoisotopic (exact) mass is 459 g/mol. The van der Waals surface area contributed by atoms with Crippen molar-refractivity contribution in [2.24, 2.45) is 0 Å². The molecule has 0 saturated carbocycles. The first kappa shape index (κ1) is 22.0. The van der Waals surface area contributed by atoms with Crippen LogP contribution < -0.4 is 20.7 Å². The van der Waals surface area contributed by atoms with Crippen molar-refractivity contribution in [2.75, 3.05) is 17.7 Å². The Bertz CT molecular complexity index is 1330. The molecule has 0 atom stereocenters. The molecule has 3 aromatic carbocycles. The lowest BCUT2D eigenvalue weighted by atomic mass is 10.1. The van der Waals surface area contributed by atoms with E-state index in [0.29, 0.717) is 28.3 Å². The number of amides is 2. The highest BCUT2D eigenvalue weighted by Crippen LogP contribution is 2.23. The second-order valence-corrected chi connectivity index (χ2v) is 7.65. The van der Waals surface area contributed by atoms with Crippen LogP contribution in [0.25, 0.3) is 11.0 Å². The maximum absolute atomic E-state index is 12.6. The Morgan fingerprint density at radius 2 is 1.67 bits per heavy atom. The highest BCUT2D eigenvalue weighted by molar-refractivity contribution is 7.80. The number of methoxy groups -OCH3 is 1. The first-order valence-corrected chi connectivity index (χ1v) is 10.5. The van der Waals surface area contributed by atoms with Gasteiger partial charge >= 0.3 is 0 Å².